The Balaban J connectivity index is 2.33. The third-order valence-electron chi connectivity index (χ3n) is 2.99. The van der Waals surface area contributed by atoms with Gasteiger partial charge >= 0.3 is 0 Å². The minimum absolute atomic E-state index is 0.507. The van der Waals surface area contributed by atoms with Gasteiger partial charge in [0.1, 0.15) is 5.60 Å². The molecule has 1 heterocycles. The summed E-state index contributed by atoms with van der Waals surface area (Å²) in [7, 11) is 1.63. The second kappa shape index (κ2) is 5.33. The predicted octanol–water partition coefficient (Wildman–Crippen LogP) is 2.12. The molecule has 0 radical (unpaired) electrons. The highest BCUT2D eigenvalue weighted by molar-refractivity contribution is 5.33. The zero-order valence-electron chi connectivity index (χ0n) is 10.7. The van der Waals surface area contributed by atoms with Gasteiger partial charge in [-0.2, -0.15) is 5.10 Å². The van der Waals surface area contributed by atoms with Crippen LogP contribution in [0.2, 0.25) is 0 Å². The van der Waals surface area contributed by atoms with Crippen molar-refractivity contribution < 1.29 is 9.84 Å². The molecule has 1 atom stereocenters. The maximum absolute atomic E-state index is 10.5. The Kier molecular flexibility index (Phi) is 3.79. The van der Waals surface area contributed by atoms with Crippen LogP contribution in [0.4, 0.5) is 0 Å². The number of aliphatic hydroxyl groups is 1. The number of rotatable bonds is 5. The number of hydrogen-bond acceptors (Lipinski definition) is 3. The molecule has 1 aromatic heterocycles. The van der Waals surface area contributed by atoms with Crippen molar-refractivity contribution in [2.75, 3.05) is 13.7 Å². The van der Waals surface area contributed by atoms with E-state index in [0.717, 1.165) is 11.4 Å². The van der Waals surface area contributed by atoms with Crippen LogP contribution >= 0.6 is 0 Å². The van der Waals surface area contributed by atoms with E-state index in [4.69, 9.17) is 4.74 Å². The van der Waals surface area contributed by atoms with Gasteiger partial charge in [-0.1, -0.05) is 18.2 Å². The number of nitrogens with zero attached hydrogens (tertiary/aromatic N) is 2. The molecule has 2 aromatic rings. The summed E-state index contributed by atoms with van der Waals surface area (Å²) in [5.41, 5.74) is 0.753. The molecule has 0 aliphatic rings. The first kappa shape index (κ1) is 12.8. The highest BCUT2D eigenvalue weighted by Crippen LogP contribution is 2.26. The fourth-order valence-electron chi connectivity index (χ4n) is 1.91. The van der Waals surface area contributed by atoms with Gasteiger partial charge in [0.2, 0.25) is 0 Å². The highest BCUT2D eigenvalue weighted by atomic mass is 16.5. The van der Waals surface area contributed by atoms with Crippen LogP contribution in [0, 0.1) is 0 Å². The number of ether oxygens (including phenoxy) is 1. The molecule has 0 fully saturated rings. The number of benzene rings is 1. The average Bonchev–Trinajstić information content (AvgIpc) is 2.87. The first-order valence-electron chi connectivity index (χ1n) is 5.96. The van der Waals surface area contributed by atoms with Crippen molar-refractivity contribution in [1.82, 2.24) is 9.78 Å². The molecule has 1 N–H and O–H groups in total. The molecular weight excluding hydrogens is 228 g/mol. The normalized spacial score (nSPS) is 14.4. The Morgan fingerprint density at radius 2 is 2.00 bits per heavy atom. The van der Waals surface area contributed by atoms with Gasteiger partial charge in [-0.3, -0.25) is 0 Å². The highest BCUT2D eigenvalue weighted by Gasteiger charge is 2.27. The summed E-state index contributed by atoms with van der Waals surface area (Å²) in [5, 5.41) is 14.8. The summed E-state index contributed by atoms with van der Waals surface area (Å²) >= 11 is 0. The molecule has 18 heavy (non-hydrogen) atoms. The van der Waals surface area contributed by atoms with E-state index >= 15 is 0 Å². The van der Waals surface area contributed by atoms with E-state index in [0.29, 0.717) is 13.0 Å². The van der Waals surface area contributed by atoms with E-state index in [1.54, 1.807) is 24.9 Å². The number of aromatic nitrogens is 2. The molecule has 4 heteroatoms. The van der Waals surface area contributed by atoms with Crippen LogP contribution < -0.4 is 0 Å². The number of para-hydroxylation sites is 1. The summed E-state index contributed by atoms with van der Waals surface area (Å²) in [6.07, 6.45) is 2.23. The van der Waals surface area contributed by atoms with E-state index in [9.17, 15) is 5.11 Å². The first-order valence-corrected chi connectivity index (χ1v) is 5.96. The summed E-state index contributed by atoms with van der Waals surface area (Å²) < 4.78 is 6.79. The largest absolute Gasteiger partial charge is 0.385 e. The number of hydrogen-bond donors (Lipinski definition) is 1. The van der Waals surface area contributed by atoms with Crippen LogP contribution in [0.25, 0.3) is 5.69 Å². The van der Waals surface area contributed by atoms with E-state index in [1.165, 1.54) is 0 Å². The lowest BCUT2D eigenvalue weighted by Crippen LogP contribution is -2.26. The molecule has 0 bridgehead atoms. The lowest BCUT2D eigenvalue weighted by molar-refractivity contribution is 0.0154. The Bertz CT molecular complexity index is 492. The van der Waals surface area contributed by atoms with E-state index < -0.39 is 5.60 Å². The van der Waals surface area contributed by atoms with Crippen LogP contribution in [-0.2, 0) is 10.3 Å². The van der Waals surface area contributed by atoms with Crippen LogP contribution in [-0.4, -0.2) is 28.6 Å². The maximum Gasteiger partial charge on any atom is 0.106 e. The molecule has 0 aliphatic carbocycles. The molecule has 0 saturated carbocycles. The maximum atomic E-state index is 10.5. The SMILES string of the molecule is COCCC(C)(O)c1ccnn1-c1ccccc1. The Morgan fingerprint density at radius 1 is 1.28 bits per heavy atom. The molecule has 1 aromatic carbocycles. The van der Waals surface area contributed by atoms with Crippen molar-refractivity contribution in [2.24, 2.45) is 0 Å². The molecule has 0 amide bonds. The second-order valence-corrected chi connectivity index (χ2v) is 4.48. The van der Waals surface area contributed by atoms with Crippen LogP contribution in [0.3, 0.4) is 0 Å². The summed E-state index contributed by atoms with van der Waals surface area (Å²) in [5.74, 6) is 0. The van der Waals surface area contributed by atoms with E-state index in [1.807, 2.05) is 36.4 Å². The summed E-state index contributed by atoms with van der Waals surface area (Å²) in [6, 6.07) is 11.6. The third kappa shape index (κ3) is 2.60. The van der Waals surface area contributed by atoms with Gasteiger partial charge in [-0.05, 0) is 25.1 Å². The lowest BCUT2D eigenvalue weighted by atomic mass is 9.98. The minimum atomic E-state index is -0.956. The Hall–Kier alpha value is -1.65. The van der Waals surface area contributed by atoms with Crippen molar-refractivity contribution in [3.63, 3.8) is 0 Å². The van der Waals surface area contributed by atoms with Gasteiger partial charge in [0.25, 0.3) is 0 Å². The average molecular weight is 246 g/mol. The lowest BCUT2D eigenvalue weighted by Gasteiger charge is -2.24. The zero-order valence-corrected chi connectivity index (χ0v) is 10.7. The van der Waals surface area contributed by atoms with Crippen molar-refractivity contribution in [3.05, 3.63) is 48.3 Å². The van der Waals surface area contributed by atoms with Crippen LogP contribution in [0.15, 0.2) is 42.6 Å². The van der Waals surface area contributed by atoms with Gasteiger partial charge in [0.15, 0.2) is 0 Å². The fraction of sp³-hybridized carbons (Fsp3) is 0.357. The molecule has 96 valence electrons. The summed E-state index contributed by atoms with van der Waals surface area (Å²) in [4.78, 5) is 0. The fourth-order valence-corrected chi connectivity index (χ4v) is 1.91. The standard InChI is InChI=1S/C14H18N2O2/c1-14(17,9-11-18-2)13-8-10-15-16(13)12-6-4-3-5-7-12/h3-8,10,17H,9,11H2,1-2H3. The van der Waals surface area contributed by atoms with Gasteiger partial charge in [-0.15, -0.1) is 0 Å². The van der Waals surface area contributed by atoms with Gasteiger partial charge < -0.3 is 9.84 Å². The Morgan fingerprint density at radius 3 is 2.67 bits per heavy atom. The zero-order chi connectivity index (χ0) is 13.0. The second-order valence-electron chi connectivity index (χ2n) is 4.48. The van der Waals surface area contributed by atoms with Gasteiger partial charge in [0.05, 0.1) is 11.4 Å². The Labute approximate surface area is 107 Å². The topological polar surface area (TPSA) is 47.3 Å². The van der Waals surface area contributed by atoms with Crippen molar-refractivity contribution in [1.29, 1.82) is 0 Å². The van der Waals surface area contributed by atoms with Crippen molar-refractivity contribution >= 4 is 0 Å². The molecule has 0 saturated heterocycles. The molecule has 0 spiro atoms. The van der Waals surface area contributed by atoms with Gasteiger partial charge in [-0.25, -0.2) is 4.68 Å². The quantitative estimate of drug-likeness (QED) is 0.879. The molecule has 0 aliphatic heterocycles. The van der Waals surface area contributed by atoms with Crippen LogP contribution in [0.1, 0.15) is 19.0 Å². The molecular formula is C14H18N2O2. The first-order chi connectivity index (χ1) is 8.65. The predicted molar refractivity (Wildman–Crippen MR) is 69.6 cm³/mol. The van der Waals surface area contributed by atoms with Crippen molar-refractivity contribution in [3.8, 4) is 5.69 Å². The monoisotopic (exact) mass is 246 g/mol. The van der Waals surface area contributed by atoms with Gasteiger partial charge in [0, 0.05) is 26.3 Å². The molecule has 2 rings (SSSR count). The molecule has 1 unspecified atom stereocenters. The van der Waals surface area contributed by atoms with Crippen LogP contribution in [0.5, 0.6) is 0 Å². The minimum Gasteiger partial charge on any atom is -0.385 e. The van der Waals surface area contributed by atoms with E-state index in [-0.39, 0.29) is 0 Å². The smallest absolute Gasteiger partial charge is 0.106 e. The summed E-state index contributed by atoms with van der Waals surface area (Å²) in [6.45, 7) is 2.29. The third-order valence-corrected chi connectivity index (χ3v) is 2.99. The van der Waals surface area contributed by atoms with E-state index in [2.05, 4.69) is 5.10 Å². The van der Waals surface area contributed by atoms with Crippen molar-refractivity contribution in [2.45, 2.75) is 18.9 Å². The molecule has 4 nitrogen and oxygen atoms in total. The number of methoxy groups -OCH3 is 1.